The van der Waals surface area contributed by atoms with Crippen molar-refractivity contribution >= 4 is 17.1 Å². The number of nitro groups is 1. The quantitative estimate of drug-likeness (QED) is 0.653. The first-order chi connectivity index (χ1) is 9.15. The number of rotatable bonds is 5. The Bertz CT molecular complexity index is 458. The summed E-state index contributed by atoms with van der Waals surface area (Å²) in [5, 5.41) is 14.4. The van der Waals surface area contributed by atoms with Gasteiger partial charge in [0.05, 0.1) is 17.6 Å². The zero-order chi connectivity index (χ0) is 13.8. The van der Waals surface area contributed by atoms with E-state index in [1.165, 1.54) is 0 Å². The summed E-state index contributed by atoms with van der Waals surface area (Å²) >= 11 is 0. The smallest absolute Gasteiger partial charge is 0.315 e. The average molecular weight is 265 g/mol. The average Bonchev–Trinajstić information content (AvgIpc) is 2.91. The second-order valence-electron chi connectivity index (χ2n) is 4.59. The number of likely N-dealkylation sites (N-methyl/N-ethyl adjacent to an activating group) is 1. The number of hydrogen-bond acceptors (Lipinski definition) is 5. The number of anilines is 2. The molecular weight excluding hydrogens is 246 g/mol. The molecule has 1 aliphatic rings. The van der Waals surface area contributed by atoms with Crippen LogP contribution in [0, 0.1) is 10.1 Å². The van der Waals surface area contributed by atoms with Gasteiger partial charge in [-0.05, 0) is 25.5 Å². The molecule has 1 fully saturated rings. The minimum atomic E-state index is -0.320. The summed E-state index contributed by atoms with van der Waals surface area (Å²) in [5.41, 5.74) is 1.34. The molecule has 0 radical (unpaired) electrons. The number of hydrogen-bond donors (Lipinski definition) is 1. The summed E-state index contributed by atoms with van der Waals surface area (Å²) in [4.78, 5) is 13.0. The molecule has 104 valence electrons. The number of nitrogens with one attached hydrogen (secondary N) is 1. The molecule has 1 saturated heterocycles. The summed E-state index contributed by atoms with van der Waals surface area (Å²) in [7, 11) is 1.89. The lowest BCUT2D eigenvalue weighted by atomic mass is 10.1. The van der Waals surface area contributed by atoms with Crippen molar-refractivity contribution in [3.05, 3.63) is 28.3 Å². The number of ether oxygens (including phenoxy) is 1. The SMILES string of the molecule is CCNc1cccc(N(C)C2CCOC2)c1[N+](=O)[O-]. The lowest BCUT2D eigenvalue weighted by Gasteiger charge is -2.25. The van der Waals surface area contributed by atoms with E-state index in [2.05, 4.69) is 5.32 Å². The van der Waals surface area contributed by atoms with Crippen molar-refractivity contribution in [3.63, 3.8) is 0 Å². The molecule has 0 aliphatic carbocycles. The molecule has 0 spiro atoms. The van der Waals surface area contributed by atoms with E-state index in [-0.39, 0.29) is 16.7 Å². The van der Waals surface area contributed by atoms with Crippen LogP contribution in [0.15, 0.2) is 18.2 Å². The molecule has 0 bridgehead atoms. The topological polar surface area (TPSA) is 67.6 Å². The van der Waals surface area contributed by atoms with E-state index >= 15 is 0 Å². The molecule has 19 heavy (non-hydrogen) atoms. The van der Waals surface area contributed by atoms with E-state index in [1.54, 1.807) is 12.1 Å². The summed E-state index contributed by atoms with van der Waals surface area (Å²) in [6, 6.07) is 5.57. The molecule has 1 N–H and O–H groups in total. The van der Waals surface area contributed by atoms with E-state index in [4.69, 9.17) is 4.74 Å². The van der Waals surface area contributed by atoms with Crippen molar-refractivity contribution in [3.8, 4) is 0 Å². The van der Waals surface area contributed by atoms with E-state index < -0.39 is 0 Å². The normalized spacial score (nSPS) is 18.3. The van der Waals surface area contributed by atoms with Crippen LogP contribution in [-0.4, -0.2) is 37.8 Å². The standard InChI is InChI=1S/C13H19N3O3/c1-3-14-11-5-4-6-12(13(11)16(17)18)15(2)10-7-8-19-9-10/h4-6,10,14H,3,7-9H2,1-2H3. The minimum absolute atomic E-state index is 0.138. The number of nitrogens with zero attached hydrogens (tertiary/aromatic N) is 2. The van der Waals surface area contributed by atoms with Crippen LogP contribution in [0.5, 0.6) is 0 Å². The first-order valence-corrected chi connectivity index (χ1v) is 6.47. The fraction of sp³-hybridized carbons (Fsp3) is 0.538. The van der Waals surface area contributed by atoms with Crippen LogP contribution in [0.1, 0.15) is 13.3 Å². The van der Waals surface area contributed by atoms with Gasteiger partial charge in [-0.1, -0.05) is 6.07 Å². The fourth-order valence-electron chi connectivity index (χ4n) is 2.37. The molecule has 1 heterocycles. The van der Waals surface area contributed by atoms with Gasteiger partial charge >= 0.3 is 5.69 Å². The molecule has 0 aromatic heterocycles. The van der Waals surface area contributed by atoms with E-state index in [0.717, 1.165) is 13.0 Å². The predicted molar refractivity (Wildman–Crippen MR) is 74.9 cm³/mol. The molecule has 6 nitrogen and oxygen atoms in total. The fourth-order valence-corrected chi connectivity index (χ4v) is 2.37. The Morgan fingerprint density at radius 2 is 2.37 bits per heavy atom. The van der Waals surface area contributed by atoms with Crippen LogP contribution in [0.2, 0.25) is 0 Å². The summed E-state index contributed by atoms with van der Waals surface area (Å²) < 4.78 is 5.35. The minimum Gasteiger partial charge on any atom is -0.380 e. The Labute approximate surface area is 112 Å². The maximum Gasteiger partial charge on any atom is 0.315 e. The highest BCUT2D eigenvalue weighted by Crippen LogP contribution is 2.36. The van der Waals surface area contributed by atoms with Crippen molar-refractivity contribution in [2.45, 2.75) is 19.4 Å². The van der Waals surface area contributed by atoms with Crippen molar-refractivity contribution in [1.29, 1.82) is 0 Å². The maximum atomic E-state index is 11.3. The number of benzene rings is 1. The van der Waals surface area contributed by atoms with E-state index in [9.17, 15) is 10.1 Å². The maximum absolute atomic E-state index is 11.3. The zero-order valence-electron chi connectivity index (χ0n) is 11.3. The molecule has 0 amide bonds. The first kappa shape index (κ1) is 13.6. The third-order valence-electron chi connectivity index (χ3n) is 3.40. The summed E-state index contributed by atoms with van der Waals surface area (Å²) in [6.45, 7) is 3.92. The Kier molecular flexibility index (Phi) is 4.21. The molecule has 1 aromatic carbocycles. The van der Waals surface area contributed by atoms with Crippen LogP contribution in [0.4, 0.5) is 17.1 Å². The summed E-state index contributed by atoms with van der Waals surface area (Å²) in [5.74, 6) is 0. The van der Waals surface area contributed by atoms with E-state index in [0.29, 0.717) is 24.5 Å². The second kappa shape index (κ2) is 5.88. The molecule has 2 rings (SSSR count). The van der Waals surface area contributed by atoms with Gasteiger partial charge in [-0.25, -0.2) is 0 Å². The van der Waals surface area contributed by atoms with Gasteiger partial charge < -0.3 is 15.0 Å². The molecule has 1 unspecified atom stereocenters. The van der Waals surface area contributed by atoms with Gasteiger partial charge in [-0.3, -0.25) is 10.1 Å². The van der Waals surface area contributed by atoms with Crippen molar-refractivity contribution in [2.24, 2.45) is 0 Å². The van der Waals surface area contributed by atoms with Gasteiger partial charge in [-0.2, -0.15) is 0 Å². The van der Waals surface area contributed by atoms with E-state index in [1.807, 2.05) is 24.9 Å². The van der Waals surface area contributed by atoms with Crippen LogP contribution in [-0.2, 0) is 4.74 Å². The highest BCUT2D eigenvalue weighted by Gasteiger charge is 2.27. The van der Waals surface area contributed by atoms with Crippen molar-refractivity contribution in [2.75, 3.05) is 37.0 Å². The van der Waals surface area contributed by atoms with Crippen LogP contribution in [0.25, 0.3) is 0 Å². The van der Waals surface area contributed by atoms with Gasteiger partial charge in [0.15, 0.2) is 0 Å². The first-order valence-electron chi connectivity index (χ1n) is 6.47. The molecule has 1 atom stereocenters. The highest BCUT2D eigenvalue weighted by atomic mass is 16.6. The lowest BCUT2D eigenvalue weighted by molar-refractivity contribution is -0.383. The largest absolute Gasteiger partial charge is 0.380 e. The van der Waals surface area contributed by atoms with Crippen molar-refractivity contribution in [1.82, 2.24) is 0 Å². The van der Waals surface area contributed by atoms with Crippen LogP contribution < -0.4 is 10.2 Å². The Hall–Kier alpha value is -1.82. The molecular formula is C13H19N3O3. The molecule has 6 heteroatoms. The monoisotopic (exact) mass is 265 g/mol. The van der Waals surface area contributed by atoms with Gasteiger partial charge in [0.25, 0.3) is 0 Å². The number of para-hydroxylation sites is 1. The van der Waals surface area contributed by atoms with Gasteiger partial charge in [-0.15, -0.1) is 0 Å². The van der Waals surface area contributed by atoms with Gasteiger partial charge in [0, 0.05) is 20.2 Å². The second-order valence-corrected chi connectivity index (χ2v) is 4.59. The van der Waals surface area contributed by atoms with Crippen LogP contribution >= 0.6 is 0 Å². The summed E-state index contributed by atoms with van der Waals surface area (Å²) in [6.07, 6.45) is 0.902. The van der Waals surface area contributed by atoms with Crippen molar-refractivity contribution < 1.29 is 9.66 Å². The third-order valence-corrected chi connectivity index (χ3v) is 3.40. The third kappa shape index (κ3) is 2.78. The Morgan fingerprint density at radius 3 is 2.95 bits per heavy atom. The van der Waals surface area contributed by atoms with Gasteiger partial charge in [0.2, 0.25) is 0 Å². The highest BCUT2D eigenvalue weighted by molar-refractivity contribution is 5.77. The molecule has 0 saturated carbocycles. The Balaban J connectivity index is 2.37. The lowest BCUT2D eigenvalue weighted by Crippen LogP contribution is -2.32. The molecule has 1 aliphatic heterocycles. The number of nitro benzene ring substituents is 1. The Morgan fingerprint density at radius 1 is 1.58 bits per heavy atom. The molecule has 1 aromatic rings. The van der Waals surface area contributed by atoms with Crippen LogP contribution in [0.3, 0.4) is 0 Å². The predicted octanol–water partition coefficient (Wildman–Crippen LogP) is 2.25. The zero-order valence-corrected chi connectivity index (χ0v) is 11.3. The van der Waals surface area contributed by atoms with Gasteiger partial charge in [0.1, 0.15) is 11.4 Å².